The van der Waals surface area contributed by atoms with Crippen LogP contribution < -0.4 is 5.32 Å². The number of morpholine rings is 1. The van der Waals surface area contributed by atoms with Crippen molar-refractivity contribution in [2.24, 2.45) is 0 Å². The van der Waals surface area contributed by atoms with E-state index in [2.05, 4.69) is 17.4 Å². The van der Waals surface area contributed by atoms with Gasteiger partial charge >= 0.3 is 0 Å². The summed E-state index contributed by atoms with van der Waals surface area (Å²) in [4.78, 5) is 14.9. The Morgan fingerprint density at radius 2 is 2.16 bits per heavy atom. The van der Waals surface area contributed by atoms with Crippen LogP contribution in [0.3, 0.4) is 0 Å². The van der Waals surface area contributed by atoms with Gasteiger partial charge in [-0.3, -0.25) is 10.1 Å². The lowest BCUT2D eigenvalue weighted by molar-refractivity contribution is -0.149. The highest BCUT2D eigenvalue weighted by atomic mass is 16.5. The molecule has 1 aliphatic heterocycles. The first-order chi connectivity index (χ1) is 12.2. The van der Waals surface area contributed by atoms with Crippen LogP contribution in [0.25, 0.3) is 0 Å². The van der Waals surface area contributed by atoms with Gasteiger partial charge in [-0.1, -0.05) is 37.1 Å². The van der Waals surface area contributed by atoms with Gasteiger partial charge in [0.05, 0.1) is 37.4 Å². The second-order valence-corrected chi connectivity index (χ2v) is 7.60. The lowest BCUT2D eigenvalue weighted by atomic mass is 9.90. The second kappa shape index (κ2) is 7.06. The number of aryl methyl sites for hydroxylation is 1. The first-order valence-corrected chi connectivity index (χ1v) is 9.59. The molecule has 0 spiro atoms. The molecule has 5 nitrogen and oxygen atoms in total. The molecule has 2 N–H and O–H groups in total. The zero-order valence-corrected chi connectivity index (χ0v) is 14.7. The van der Waals surface area contributed by atoms with Crippen molar-refractivity contribution in [3.8, 4) is 0 Å². The summed E-state index contributed by atoms with van der Waals surface area (Å²) in [7, 11) is 0. The van der Waals surface area contributed by atoms with Crippen molar-refractivity contribution in [1.29, 1.82) is 0 Å². The summed E-state index contributed by atoms with van der Waals surface area (Å²) >= 11 is 0. The van der Waals surface area contributed by atoms with E-state index in [1.807, 2.05) is 17.0 Å². The van der Waals surface area contributed by atoms with Crippen molar-refractivity contribution in [3.05, 3.63) is 35.4 Å². The fraction of sp³-hybridized carbons (Fsp3) is 0.650. The van der Waals surface area contributed by atoms with E-state index in [4.69, 9.17) is 4.74 Å². The van der Waals surface area contributed by atoms with E-state index in [0.29, 0.717) is 13.2 Å². The molecule has 4 rings (SSSR count). The summed E-state index contributed by atoms with van der Waals surface area (Å²) in [5.74, 6) is 0.136. The predicted octanol–water partition coefficient (Wildman–Crippen LogP) is 1.58. The molecule has 1 saturated heterocycles. The molecule has 2 fully saturated rings. The summed E-state index contributed by atoms with van der Waals surface area (Å²) < 4.78 is 5.87. The van der Waals surface area contributed by atoms with Gasteiger partial charge in [-0.05, 0) is 36.8 Å². The van der Waals surface area contributed by atoms with Crippen molar-refractivity contribution in [1.82, 2.24) is 10.2 Å². The van der Waals surface area contributed by atoms with E-state index in [-0.39, 0.29) is 31.2 Å². The Morgan fingerprint density at radius 3 is 3.04 bits per heavy atom. The third kappa shape index (κ3) is 3.09. The normalized spacial score (nSPS) is 31.5. The highest BCUT2D eigenvalue weighted by Gasteiger charge is 2.40. The van der Waals surface area contributed by atoms with Gasteiger partial charge in [-0.25, -0.2) is 0 Å². The number of fused-ring (bicyclic) bond motifs is 2. The average molecular weight is 344 g/mol. The van der Waals surface area contributed by atoms with E-state index >= 15 is 0 Å². The molecular formula is C20H28N2O3. The van der Waals surface area contributed by atoms with Crippen LogP contribution in [-0.4, -0.2) is 54.4 Å². The third-order valence-electron chi connectivity index (χ3n) is 6.25. The summed E-state index contributed by atoms with van der Waals surface area (Å²) in [6, 6.07) is 8.46. The first-order valence-electron chi connectivity index (χ1n) is 9.59. The Hall–Kier alpha value is -1.43. The Kier molecular flexibility index (Phi) is 4.80. The topological polar surface area (TPSA) is 61.8 Å². The quantitative estimate of drug-likeness (QED) is 0.871. The minimum absolute atomic E-state index is 0.0203. The van der Waals surface area contributed by atoms with Crippen molar-refractivity contribution in [3.63, 3.8) is 0 Å². The predicted molar refractivity (Wildman–Crippen MR) is 95.2 cm³/mol. The fourth-order valence-electron chi connectivity index (χ4n) is 4.84. The zero-order valence-electron chi connectivity index (χ0n) is 14.7. The number of hydrogen-bond acceptors (Lipinski definition) is 4. The number of aliphatic hydroxyl groups excluding tert-OH is 1. The molecule has 1 aromatic carbocycles. The van der Waals surface area contributed by atoms with Crippen LogP contribution in [0.5, 0.6) is 0 Å². The van der Waals surface area contributed by atoms with Crippen molar-refractivity contribution < 1.29 is 14.6 Å². The molecule has 1 saturated carbocycles. The maximum Gasteiger partial charge on any atom is 0.236 e. The number of hydrogen-bond donors (Lipinski definition) is 2. The van der Waals surface area contributed by atoms with Gasteiger partial charge in [0, 0.05) is 6.54 Å². The maximum atomic E-state index is 12.9. The lowest BCUT2D eigenvalue weighted by Crippen LogP contribution is -2.58. The maximum absolute atomic E-state index is 12.9. The number of carbonyl (C=O) groups excluding carboxylic acids is 1. The van der Waals surface area contributed by atoms with Gasteiger partial charge < -0.3 is 14.7 Å². The Bertz CT molecular complexity index is 633. The van der Waals surface area contributed by atoms with Crippen molar-refractivity contribution in [2.45, 2.75) is 56.2 Å². The molecule has 25 heavy (non-hydrogen) atoms. The van der Waals surface area contributed by atoms with E-state index < -0.39 is 5.54 Å². The molecule has 2 aliphatic carbocycles. The zero-order chi connectivity index (χ0) is 17.3. The number of aliphatic hydroxyl groups is 1. The van der Waals surface area contributed by atoms with Crippen LogP contribution in [0.1, 0.15) is 43.2 Å². The number of ether oxygens (including phenoxy) is 1. The lowest BCUT2D eigenvalue weighted by Gasteiger charge is -2.44. The monoisotopic (exact) mass is 344 g/mol. The highest BCUT2D eigenvalue weighted by molar-refractivity contribution is 5.79. The van der Waals surface area contributed by atoms with E-state index in [0.717, 1.165) is 31.2 Å². The number of rotatable bonds is 4. The molecule has 0 radical (unpaired) electrons. The molecule has 3 aliphatic rings. The van der Waals surface area contributed by atoms with Crippen LogP contribution in [0.2, 0.25) is 0 Å². The van der Waals surface area contributed by atoms with Crippen LogP contribution >= 0.6 is 0 Å². The molecule has 3 atom stereocenters. The summed E-state index contributed by atoms with van der Waals surface area (Å²) in [5.41, 5.74) is 1.93. The molecule has 1 aromatic rings. The van der Waals surface area contributed by atoms with E-state index in [1.165, 1.54) is 18.4 Å². The SMILES string of the molecule is O=C(CNC1(CO)CCc2ccccc21)N1CCOC2CCCCC21. The van der Waals surface area contributed by atoms with Gasteiger partial charge in [0.25, 0.3) is 0 Å². The standard InChI is InChI=1S/C20H28N2O3/c23-14-20(10-9-15-5-1-2-6-16(15)20)21-13-19(24)22-11-12-25-18-8-4-3-7-17(18)22/h1-2,5-6,17-18,21,23H,3-4,7-14H2. The average Bonchev–Trinajstić information content (AvgIpc) is 3.05. The largest absolute Gasteiger partial charge is 0.394 e. The number of nitrogens with one attached hydrogen (secondary N) is 1. The summed E-state index contributed by atoms with van der Waals surface area (Å²) in [5, 5.41) is 13.5. The number of carbonyl (C=O) groups is 1. The fourth-order valence-corrected chi connectivity index (χ4v) is 4.84. The van der Waals surface area contributed by atoms with Crippen molar-refractivity contribution >= 4 is 5.91 Å². The van der Waals surface area contributed by atoms with Gasteiger partial charge in [0.1, 0.15) is 0 Å². The second-order valence-electron chi connectivity index (χ2n) is 7.60. The van der Waals surface area contributed by atoms with Crippen LogP contribution in [0, 0.1) is 0 Å². The summed E-state index contributed by atoms with van der Waals surface area (Å²) in [6.45, 7) is 1.62. The molecule has 3 unspecified atom stereocenters. The molecular weight excluding hydrogens is 316 g/mol. The summed E-state index contributed by atoms with van der Waals surface area (Å²) in [6.07, 6.45) is 6.48. The van der Waals surface area contributed by atoms with Crippen LogP contribution in [-0.2, 0) is 21.5 Å². The van der Waals surface area contributed by atoms with Crippen LogP contribution in [0.15, 0.2) is 24.3 Å². The van der Waals surface area contributed by atoms with Crippen molar-refractivity contribution in [2.75, 3.05) is 26.3 Å². The molecule has 0 aromatic heterocycles. The van der Waals surface area contributed by atoms with E-state index in [9.17, 15) is 9.90 Å². The minimum Gasteiger partial charge on any atom is -0.394 e. The Balaban J connectivity index is 1.44. The molecule has 1 amide bonds. The minimum atomic E-state index is -0.482. The Labute approximate surface area is 149 Å². The van der Waals surface area contributed by atoms with Gasteiger partial charge in [0.2, 0.25) is 5.91 Å². The van der Waals surface area contributed by atoms with E-state index in [1.54, 1.807) is 0 Å². The van der Waals surface area contributed by atoms with Gasteiger partial charge in [-0.15, -0.1) is 0 Å². The highest BCUT2D eigenvalue weighted by Crippen LogP contribution is 2.36. The number of amides is 1. The number of benzene rings is 1. The van der Waals surface area contributed by atoms with Gasteiger partial charge in [0.15, 0.2) is 0 Å². The molecule has 1 heterocycles. The molecule has 0 bridgehead atoms. The molecule has 136 valence electrons. The van der Waals surface area contributed by atoms with Crippen LogP contribution in [0.4, 0.5) is 0 Å². The number of nitrogens with zero attached hydrogens (tertiary/aromatic N) is 1. The molecule has 5 heteroatoms. The smallest absolute Gasteiger partial charge is 0.236 e. The van der Waals surface area contributed by atoms with Gasteiger partial charge in [-0.2, -0.15) is 0 Å². The Morgan fingerprint density at radius 1 is 1.32 bits per heavy atom. The third-order valence-corrected chi connectivity index (χ3v) is 6.25. The first kappa shape index (κ1) is 17.0.